The molecule has 0 aliphatic rings. The number of anilines is 1. The normalized spacial score (nSPS) is 11.5. The van der Waals surface area contributed by atoms with Gasteiger partial charge in [0.15, 0.2) is 0 Å². The molecule has 1 atom stereocenters. The van der Waals surface area contributed by atoms with E-state index in [-0.39, 0.29) is 11.9 Å². The van der Waals surface area contributed by atoms with Crippen LogP contribution in [0.25, 0.3) is 0 Å². The summed E-state index contributed by atoms with van der Waals surface area (Å²) >= 11 is 7.62. The lowest BCUT2D eigenvalue weighted by Crippen LogP contribution is -2.26. The molecule has 0 heterocycles. The molecule has 3 aromatic rings. The first-order chi connectivity index (χ1) is 14.4. The van der Waals surface area contributed by atoms with Gasteiger partial charge >= 0.3 is 6.03 Å². The van der Waals surface area contributed by atoms with Gasteiger partial charge < -0.3 is 16.4 Å². The Morgan fingerprint density at radius 1 is 0.967 bits per heavy atom. The van der Waals surface area contributed by atoms with Crippen LogP contribution in [0.15, 0.2) is 77.7 Å². The molecule has 0 radical (unpaired) electrons. The molecular weight excluding hydrogens is 418 g/mol. The molecule has 1 unspecified atom stereocenters. The van der Waals surface area contributed by atoms with Crippen LogP contribution in [0.3, 0.4) is 0 Å². The van der Waals surface area contributed by atoms with Crippen molar-refractivity contribution in [2.24, 2.45) is 5.73 Å². The fourth-order valence-electron chi connectivity index (χ4n) is 2.81. The maximum atomic E-state index is 12.6. The molecule has 0 aliphatic heterocycles. The monoisotopic (exact) mass is 439 g/mol. The summed E-state index contributed by atoms with van der Waals surface area (Å²) < 4.78 is 0. The van der Waals surface area contributed by atoms with Crippen LogP contribution in [-0.2, 0) is 5.75 Å². The van der Waals surface area contributed by atoms with E-state index in [4.69, 9.17) is 17.3 Å². The molecule has 3 rings (SSSR count). The van der Waals surface area contributed by atoms with E-state index in [1.807, 2.05) is 67.6 Å². The minimum atomic E-state index is -0.612. The number of nitrogens with two attached hydrogens (primary N) is 1. The SMILES string of the molecule is CC(NC(=O)c1ccc(CSc2ccc(Cl)cc2)cc1)c1ccc(NC(N)=O)cc1. The molecule has 0 saturated carbocycles. The van der Waals surface area contributed by atoms with Gasteiger partial charge in [-0.05, 0) is 66.6 Å². The van der Waals surface area contributed by atoms with Gasteiger partial charge in [0.1, 0.15) is 0 Å². The summed E-state index contributed by atoms with van der Waals surface area (Å²) in [5, 5.41) is 6.22. The highest BCUT2D eigenvalue weighted by Gasteiger charge is 2.12. The number of rotatable bonds is 7. The highest BCUT2D eigenvalue weighted by molar-refractivity contribution is 7.98. The smallest absolute Gasteiger partial charge is 0.316 e. The van der Waals surface area contributed by atoms with Gasteiger partial charge in [0, 0.05) is 26.9 Å². The van der Waals surface area contributed by atoms with E-state index in [1.165, 1.54) is 0 Å². The number of nitrogens with one attached hydrogen (secondary N) is 2. The van der Waals surface area contributed by atoms with Gasteiger partial charge in [-0.25, -0.2) is 4.79 Å². The van der Waals surface area contributed by atoms with E-state index >= 15 is 0 Å². The van der Waals surface area contributed by atoms with Crippen molar-refractivity contribution in [1.29, 1.82) is 0 Å². The van der Waals surface area contributed by atoms with Crippen LogP contribution < -0.4 is 16.4 Å². The van der Waals surface area contributed by atoms with E-state index < -0.39 is 6.03 Å². The first-order valence-electron chi connectivity index (χ1n) is 9.35. The van der Waals surface area contributed by atoms with Gasteiger partial charge in [-0.3, -0.25) is 4.79 Å². The summed E-state index contributed by atoms with van der Waals surface area (Å²) in [4.78, 5) is 24.6. The zero-order valence-electron chi connectivity index (χ0n) is 16.4. The average Bonchev–Trinajstić information content (AvgIpc) is 2.73. The fourth-order valence-corrected chi connectivity index (χ4v) is 3.79. The third-order valence-corrected chi connectivity index (χ3v) is 5.80. The van der Waals surface area contributed by atoms with Crippen molar-refractivity contribution in [3.63, 3.8) is 0 Å². The molecule has 0 fully saturated rings. The van der Waals surface area contributed by atoms with E-state index in [0.717, 1.165) is 26.8 Å². The molecule has 7 heteroatoms. The predicted molar refractivity (Wildman–Crippen MR) is 123 cm³/mol. The number of carbonyl (C=O) groups excluding carboxylic acids is 2. The number of hydrogen-bond acceptors (Lipinski definition) is 3. The molecule has 0 aliphatic carbocycles. The number of carbonyl (C=O) groups is 2. The Bertz CT molecular complexity index is 1010. The lowest BCUT2D eigenvalue weighted by atomic mass is 10.1. The van der Waals surface area contributed by atoms with Crippen LogP contribution in [0.4, 0.5) is 10.5 Å². The molecule has 0 spiro atoms. The van der Waals surface area contributed by atoms with Crippen LogP contribution in [0.2, 0.25) is 5.02 Å². The zero-order chi connectivity index (χ0) is 21.5. The molecule has 0 saturated heterocycles. The van der Waals surface area contributed by atoms with Crippen LogP contribution in [0.5, 0.6) is 0 Å². The van der Waals surface area contributed by atoms with E-state index in [9.17, 15) is 9.59 Å². The lowest BCUT2D eigenvalue weighted by Gasteiger charge is -2.15. The van der Waals surface area contributed by atoms with E-state index in [0.29, 0.717) is 11.3 Å². The Kier molecular flexibility index (Phi) is 7.38. The Balaban J connectivity index is 1.54. The Morgan fingerprint density at radius 3 is 2.20 bits per heavy atom. The van der Waals surface area contributed by atoms with Crippen molar-refractivity contribution in [2.45, 2.75) is 23.6 Å². The number of urea groups is 1. The molecule has 3 aromatic carbocycles. The van der Waals surface area contributed by atoms with Gasteiger partial charge in [0.05, 0.1) is 6.04 Å². The quantitative estimate of drug-likeness (QED) is 0.418. The van der Waals surface area contributed by atoms with E-state index in [1.54, 1.807) is 23.9 Å². The Labute approximate surface area is 185 Å². The molecule has 0 aromatic heterocycles. The summed E-state index contributed by atoms with van der Waals surface area (Å²) in [5.41, 5.74) is 8.38. The molecule has 4 N–H and O–H groups in total. The number of thioether (sulfide) groups is 1. The Morgan fingerprint density at radius 2 is 1.60 bits per heavy atom. The topological polar surface area (TPSA) is 84.2 Å². The summed E-state index contributed by atoms with van der Waals surface area (Å²) in [6.07, 6.45) is 0. The van der Waals surface area contributed by atoms with Gasteiger partial charge in [-0.2, -0.15) is 0 Å². The highest BCUT2D eigenvalue weighted by atomic mass is 35.5. The second-order valence-corrected chi connectivity index (χ2v) is 8.23. The maximum absolute atomic E-state index is 12.6. The van der Waals surface area contributed by atoms with Crippen molar-refractivity contribution < 1.29 is 9.59 Å². The van der Waals surface area contributed by atoms with Crippen molar-refractivity contribution in [3.8, 4) is 0 Å². The standard InChI is InChI=1S/C23H22ClN3O2S/c1-15(17-6-10-20(11-7-17)27-23(25)29)26-22(28)18-4-2-16(3-5-18)14-30-21-12-8-19(24)9-13-21/h2-13,15H,14H2,1H3,(H,26,28)(H3,25,27,29). The van der Waals surface area contributed by atoms with Gasteiger partial charge in [-0.1, -0.05) is 35.9 Å². The highest BCUT2D eigenvalue weighted by Crippen LogP contribution is 2.24. The van der Waals surface area contributed by atoms with Gasteiger partial charge in [0.2, 0.25) is 0 Å². The Hall–Kier alpha value is -2.96. The van der Waals surface area contributed by atoms with Crippen LogP contribution in [0, 0.1) is 0 Å². The van der Waals surface area contributed by atoms with Crippen molar-refractivity contribution in [2.75, 3.05) is 5.32 Å². The van der Waals surface area contributed by atoms with Crippen LogP contribution >= 0.6 is 23.4 Å². The molecule has 154 valence electrons. The third kappa shape index (κ3) is 6.27. The average molecular weight is 440 g/mol. The summed E-state index contributed by atoms with van der Waals surface area (Å²) in [7, 11) is 0. The minimum Gasteiger partial charge on any atom is -0.351 e. The second kappa shape index (κ2) is 10.2. The number of hydrogen-bond donors (Lipinski definition) is 3. The molecule has 30 heavy (non-hydrogen) atoms. The summed E-state index contributed by atoms with van der Waals surface area (Å²) in [6, 6.07) is 21.7. The maximum Gasteiger partial charge on any atom is 0.316 e. The van der Waals surface area contributed by atoms with Crippen molar-refractivity contribution >= 4 is 41.0 Å². The molecule has 5 nitrogen and oxygen atoms in total. The van der Waals surface area contributed by atoms with Crippen LogP contribution in [0.1, 0.15) is 34.5 Å². The minimum absolute atomic E-state index is 0.140. The third-order valence-electron chi connectivity index (χ3n) is 4.46. The number of benzene rings is 3. The predicted octanol–water partition coefficient (Wildman–Crippen LogP) is 5.61. The van der Waals surface area contributed by atoms with Gasteiger partial charge in [0.25, 0.3) is 5.91 Å². The van der Waals surface area contributed by atoms with E-state index in [2.05, 4.69) is 10.6 Å². The zero-order valence-corrected chi connectivity index (χ0v) is 18.0. The lowest BCUT2D eigenvalue weighted by molar-refractivity contribution is 0.0940. The summed E-state index contributed by atoms with van der Waals surface area (Å²) in [5.74, 6) is 0.671. The first-order valence-corrected chi connectivity index (χ1v) is 10.7. The fraction of sp³-hybridized carbons (Fsp3) is 0.130. The largest absolute Gasteiger partial charge is 0.351 e. The first kappa shape index (κ1) is 21.7. The number of primary amides is 1. The number of amides is 3. The van der Waals surface area contributed by atoms with Gasteiger partial charge in [-0.15, -0.1) is 11.8 Å². The van der Waals surface area contributed by atoms with Crippen molar-refractivity contribution in [1.82, 2.24) is 5.32 Å². The van der Waals surface area contributed by atoms with Crippen LogP contribution in [-0.4, -0.2) is 11.9 Å². The van der Waals surface area contributed by atoms with Crippen molar-refractivity contribution in [3.05, 3.63) is 94.5 Å². The molecule has 0 bridgehead atoms. The summed E-state index contributed by atoms with van der Waals surface area (Å²) in [6.45, 7) is 1.91. The molecule has 3 amide bonds. The molecular formula is C23H22ClN3O2S. The number of halogens is 1. The second-order valence-electron chi connectivity index (χ2n) is 6.75.